The molecule has 0 aliphatic carbocycles. The van der Waals surface area contributed by atoms with E-state index in [0.29, 0.717) is 24.0 Å². The lowest BCUT2D eigenvalue weighted by Gasteiger charge is -2.42. The van der Waals surface area contributed by atoms with Crippen molar-refractivity contribution in [1.82, 2.24) is 0 Å². The number of benzene rings is 1. The van der Waals surface area contributed by atoms with Gasteiger partial charge in [-0.25, -0.2) is 0 Å². The van der Waals surface area contributed by atoms with Gasteiger partial charge < -0.3 is 19.5 Å². The number of hydrogen-bond acceptors (Lipinski definition) is 3. The fraction of sp³-hybridized carbons (Fsp3) is 0.760. The van der Waals surface area contributed by atoms with E-state index in [0.717, 1.165) is 30.6 Å². The fourth-order valence-electron chi connectivity index (χ4n) is 4.41. The van der Waals surface area contributed by atoms with Gasteiger partial charge in [0.15, 0.2) is 11.5 Å². The van der Waals surface area contributed by atoms with Crippen LogP contribution in [-0.4, -0.2) is 33.0 Å². The average molecular weight is 407 g/mol. The van der Waals surface area contributed by atoms with Crippen LogP contribution in [-0.2, 0) is 11.3 Å². The van der Waals surface area contributed by atoms with E-state index in [1.54, 1.807) is 7.11 Å². The van der Waals surface area contributed by atoms with Crippen LogP contribution in [0.5, 0.6) is 11.5 Å². The predicted octanol–water partition coefficient (Wildman–Crippen LogP) is 4.81. The molecule has 1 heterocycles. The van der Waals surface area contributed by atoms with Crippen LogP contribution >= 0.6 is 0 Å². The van der Waals surface area contributed by atoms with Crippen LogP contribution in [0.1, 0.15) is 72.3 Å². The van der Waals surface area contributed by atoms with Crippen molar-refractivity contribution in [3.05, 3.63) is 23.8 Å². The van der Waals surface area contributed by atoms with Gasteiger partial charge in [0.25, 0.3) is 0 Å². The van der Waals surface area contributed by atoms with Crippen molar-refractivity contribution in [2.75, 3.05) is 26.9 Å². The summed E-state index contributed by atoms with van der Waals surface area (Å²) >= 11 is 0. The highest BCUT2D eigenvalue weighted by Gasteiger charge is 2.37. The Balaban J connectivity index is 1.92. The molecule has 0 amide bonds. The number of nitrogens with two attached hydrogens (primary N) is 1. The standard InChI is InChI=1S/C25H43NO3/c1-7-28-22-9-8-21(16-23(22)27-6)18-26-14-12-25(11-10-19(2)3)13-15-29-24(17-25)20(4)5/h8-9,16,19-20,24,26H,7,10-15,17-18H2,1-6H3/p+1/t24-,25+/m0/s1. The zero-order chi connectivity index (χ0) is 21.3. The van der Waals surface area contributed by atoms with Crippen LogP contribution in [0.15, 0.2) is 18.2 Å². The Morgan fingerprint density at radius 1 is 1.17 bits per heavy atom. The third-order valence-electron chi connectivity index (χ3n) is 6.38. The van der Waals surface area contributed by atoms with Gasteiger partial charge in [0.1, 0.15) is 6.54 Å². The molecule has 29 heavy (non-hydrogen) atoms. The summed E-state index contributed by atoms with van der Waals surface area (Å²) in [6.07, 6.45) is 6.80. The summed E-state index contributed by atoms with van der Waals surface area (Å²) in [7, 11) is 1.71. The third kappa shape index (κ3) is 7.49. The van der Waals surface area contributed by atoms with Crippen LogP contribution in [0.4, 0.5) is 0 Å². The van der Waals surface area contributed by atoms with Gasteiger partial charge in [-0.15, -0.1) is 0 Å². The highest BCUT2D eigenvalue weighted by Crippen LogP contribution is 2.43. The molecule has 2 N–H and O–H groups in total. The average Bonchev–Trinajstić information content (AvgIpc) is 2.71. The summed E-state index contributed by atoms with van der Waals surface area (Å²) in [5.41, 5.74) is 1.73. The van der Waals surface area contributed by atoms with Crippen LogP contribution < -0.4 is 14.8 Å². The normalized spacial score (nSPS) is 22.3. The molecule has 0 spiro atoms. The van der Waals surface area contributed by atoms with Crippen LogP contribution in [0.25, 0.3) is 0 Å². The number of quaternary nitrogens is 1. The summed E-state index contributed by atoms with van der Waals surface area (Å²) in [4.78, 5) is 0. The van der Waals surface area contributed by atoms with Crippen molar-refractivity contribution in [3.63, 3.8) is 0 Å². The van der Waals surface area contributed by atoms with Gasteiger partial charge in [-0.05, 0) is 61.6 Å². The van der Waals surface area contributed by atoms with Crippen molar-refractivity contribution in [2.24, 2.45) is 17.3 Å². The monoisotopic (exact) mass is 406 g/mol. The van der Waals surface area contributed by atoms with Crippen molar-refractivity contribution in [2.45, 2.75) is 79.4 Å². The Hall–Kier alpha value is -1.26. The summed E-state index contributed by atoms with van der Waals surface area (Å²) in [5.74, 6) is 3.03. The van der Waals surface area contributed by atoms with Gasteiger partial charge in [0.05, 0.1) is 26.4 Å². The van der Waals surface area contributed by atoms with Gasteiger partial charge in [-0.3, -0.25) is 0 Å². The molecule has 4 nitrogen and oxygen atoms in total. The van der Waals surface area contributed by atoms with Gasteiger partial charge in [0.2, 0.25) is 0 Å². The molecule has 0 radical (unpaired) electrons. The minimum absolute atomic E-state index is 0.422. The second kappa shape index (κ2) is 11.8. The van der Waals surface area contributed by atoms with E-state index in [-0.39, 0.29) is 0 Å². The lowest BCUT2D eigenvalue weighted by molar-refractivity contribution is -0.672. The Morgan fingerprint density at radius 3 is 2.62 bits per heavy atom. The highest BCUT2D eigenvalue weighted by atomic mass is 16.5. The van der Waals surface area contributed by atoms with Gasteiger partial charge in [0, 0.05) is 18.6 Å². The summed E-state index contributed by atoms with van der Waals surface area (Å²) in [5, 5.41) is 2.45. The number of ether oxygens (including phenoxy) is 3. The zero-order valence-electron chi connectivity index (χ0n) is 19.6. The molecule has 1 saturated heterocycles. The first-order valence-electron chi connectivity index (χ1n) is 11.6. The van der Waals surface area contributed by atoms with E-state index in [2.05, 4.69) is 45.1 Å². The quantitative estimate of drug-likeness (QED) is 0.507. The molecule has 4 heteroatoms. The maximum absolute atomic E-state index is 6.10. The molecule has 2 atom stereocenters. The first-order valence-corrected chi connectivity index (χ1v) is 11.6. The van der Waals surface area contributed by atoms with Gasteiger partial charge in [-0.2, -0.15) is 0 Å². The molecule has 0 unspecified atom stereocenters. The molecular weight excluding hydrogens is 362 g/mol. The maximum Gasteiger partial charge on any atom is 0.161 e. The number of rotatable bonds is 12. The molecule has 2 rings (SSSR count). The number of hydrogen-bond donors (Lipinski definition) is 1. The van der Waals surface area contributed by atoms with E-state index >= 15 is 0 Å². The second-order valence-corrected chi connectivity index (χ2v) is 9.49. The molecule has 1 aliphatic heterocycles. The smallest absolute Gasteiger partial charge is 0.161 e. The number of methoxy groups -OCH3 is 1. The van der Waals surface area contributed by atoms with Gasteiger partial charge >= 0.3 is 0 Å². The van der Waals surface area contributed by atoms with Crippen LogP contribution in [0, 0.1) is 17.3 Å². The minimum atomic E-state index is 0.422. The lowest BCUT2D eigenvalue weighted by atomic mass is 9.69. The van der Waals surface area contributed by atoms with Gasteiger partial charge in [-0.1, -0.05) is 34.1 Å². The van der Waals surface area contributed by atoms with Crippen LogP contribution in [0.2, 0.25) is 0 Å². The van der Waals surface area contributed by atoms with Crippen molar-refractivity contribution >= 4 is 0 Å². The van der Waals surface area contributed by atoms with Crippen molar-refractivity contribution in [1.29, 1.82) is 0 Å². The van der Waals surface area contributed by atoms with E-state index in [9.17, 15) is 0 Å². The Kier molecular flexibility index (Phi) is 9.78. The van der Waals surface area contributed by atoms with E-state index < -0.39 is 0 Å². The predicted molar refractivity (Wildman–Crippen MR) is 120 cm³/mol. The molecule has 0 aromatic heterocycles. The molecule has 1 aromatic carbocycles. The van der Waals surface area contributed by atoms with E-state index in [1.807, 2.05) is 13.0 Å². The Morgan fingerprint density at radius 2 is 1.97 bits per heavy atom. The second-order valence-electron chi connectivity index (χ2n) is 9.49. The summed E-state index contributed by atoms with van der Waals surface area (Å²) in [6.45, 7) is 15.0. The SMILES string of the molecule is CCOc1ccc(C[NH2+]CC[C@]2(CCC(C)C)CCO[C@H](C(C)C)C2)cc1OC. The molecule has 0 bridgehead atoms. The van der Waals surface area contributed by atoms with Crippen molar-refractivity contribution < 1.29 is 19.5 Å². The molecule has 0 saturated carbocycles. The third-order valence-corrected chi connectivity index (χ3v) is 6.38. The summed E-state index contributed by atoms with van der Waals surface area (Å²) < 4.78 is 17.2. The Labute approximate surface area is 178 Å². The highest BCUT2D eigenvalue weighted by molar-refractivity contribution is 5.42. The first-order chi connectivity index (χ1) is 13.9. The van der Waals surface area contributed by atoms with Crippen molar-refractivity contribution in [3.8, 4) is 11.5 Å². The molecule has 1 aromatic rings. The largest absolute Gasteiger partial charge is 0.493 e. The minimum Gasteiger partial charge on any atom is -0.493 e. The lowest BCUT2D eigenvalue weighted by Crippen LogP contribution is -2.83. The Bertz CT molecular complexity index is 602. The topological polar surface area (TPSA) is 44.3 Å². The molecule has 1 aliphatic rings. The van der Waals surface area contributed by atoms with E-state index in [1.165, 1.54) is 44.2 Å². The first kappa shape index (κ1) is 24.0. The molecular formula is C25H44NO3+. The summed E-state index contributed by atoms with van der Waals surface area (Å²) in [6, 6.07) is 6.29. The van der Waals surface area contributed by atoms with E-state index in [4.69, 9.17) is 14.2 Å². The van der Waals surface area contributed by atoms with Crippen LogP contribution in [0.3, 0.4) is 0 Å². The zero-order valence-corrected chi connectivity index (χ0v) is 19.6. The molecule has 1 fully saturated rings. The fourth-order valence-corrected chi connectivity index (χ4v) is 4.41. The maximum atomic E-state index is 6.10. The molecule has 166 valence electrons.